The number of rotatable bonds is 7. The van der Waals surface area contributed by atoms with Crippen molar-refractivity contribution in [3.63, 3.8) is 0 Å². The third kappa shape index (κ3) is 4.40. The van der Waals surface area contributed by atoms with Gasteiger partial charge in [-0.2, -0.15) is 0 Å². The lowest BCUT2D eigenvalue weighted by molar-refractivity contribution is -0.150. The van der Waals surface area contributed by atoms with Gasteiger partial charge >= 0.3 is 12.1 Å². The van der Waals surface area contributed by atoms with Gasteiger partial charge in [0.15, 0.2) is 5.71 Å². The normalized spacial score (nSPS) is 20.5. The Hall–Kier alpha value is -3.74. The number of benzene rings is 1. The van der Waals surface area contributed by atoms with E-state index in [0.717, 1.165) is 4.90 Å². The number of nitrogens with two attached hydrogens (primary N) is 1. The Morgan fingerprint density at radius 3 is 2.74 bits per heavy atom. The van der Waals surface area contributed by atoms with E-state index in [1.54, 1.807) is 0 Å². The number of carbonyl (C=O) groups excluding carboxylic acids is 3. The number of hydrogen-bond donors (Lipinski definition) is 4. The number of nitrogens with one attached hydrogen (secondary N) is 1. The van der Waals surface area contributed by atoms with Gasteiger partial charge < -0.3 is 30.8 Å². The molecule has 2 heterocycles. The first-order valence-corrected chi connectivity index (χ1v) is 9.83. The Morgan fingerprint density at radius 2 is 2.13 bits per heavy atom. The first-order chi connectivity index (χ1) is 14.7. The standard InChI is InChI=1S/C18H18N4O8S/c1-29-21-11(8-3-2-4-10(23)5-8)14(24)20-12-15(25)22-13(17(26)27)9(6-30-18(19)28)7-31-16(12)22/h2-5,12,16,23H,6-7H2,1H3,(H2,19,28)(H,20,24)(H,26,27)/t12?,16-/m1/s1. The average molecular weight is 450 g/mol. The number of phenols is 1. The van der Waals surface area contributed by atoms with Crippen LogP contribution in [0.3, 0.4) is 0 Å². The van der Waals surface area contributed by atoms with Crippen LogP contribution in [0.2, 0.25) is 0 Å². The number of hydrogen-bond acceptors (Lipinski definition) is 9. The minimum Gasteiger partial charge on any atom is -0.508 e. The predicted octanol–water partition coefficient (Wildman–Crippen LogP) is -0.423. The number of aliphatic carboxylic acids is 1. The van der Waals surface area contributed by atoms with Gasteiger partial charge in [-0.25, -0.2) is 9.59 Å². The average Bonchev–Trinajstić information content (AvgIpc) is 2.73. The molecule has 12 nitrogen and oxygen atoms in total. The number of nitrogens with zero attached hydrogens (tertiary/aromatic N) is 2. The Labute approximate surface area is 179 Å². The van der Waals surface area contributed by atoms with E-state index in [1.807, 2.05) is 0 Å². The van der Waals surface area contributed by atoms with Crippen molar-refractivity contribution in [3.05, 3.63) is 41.1 Å². The van der Waals surface area contributed by atoms with Crippen molar-refractivity contribution in [3.8, 4) is 5.75 Å². The molecule has 1 unspecified atom stereocenters. The van der Waals surface area contributed by atoms with E-state index in [4.69, 9.17) is 10.6 Å². The van der Waals surface area contributed by atoms with Gasteiger partial charge in [0, 0.05) is 16.9 Å². The Kier molecular flexibility index (Phi) is 6.34. The van der Waals surface area contributed by atoms with Crippen LogP contribution in [0.15, 0.2) is 40.7 Å². The lowest BCUT2D eigenvalue weighted by Gasteiger charge is -2.49. The SMILES string of the molecule is CON=C(C(=O)NC1C(=O)N2C(C(=O)O)=C(COC(N)=O)CS[C@H]12)c1cccc(O)c1. The fourth-order valence-electron chi connectivity index (χ4n) is 3.13. The van der Waals surface area contributed by atoms with E-state index in [9.17, 15) is 29.4 Å². The summed E-state index contributed by atoms with van der Waals surface area (Å²) in [6.07, 6.45) is -1.07. The number of aromatic hydroxyl groups is 1. The lowest BCUT2D eigenvalue weighted by Crippen LogP contribution is -2.71. The number of amides is 3. The molecule has 2 atom stereocenters. The van der Waals surface area contributed by atoms with E-state index in [2.05, 4.69) is 15.2 Å². The van der Waals surface area contributed by atoms with Crippen molar-refractivity contribution < 1.29 is 39.0 Å². The summed E-state index contributed by atoms with van der Waals surface area (Å²) in [6.45, 7) is -0.361. The van der Waals surface area contributed by atoms with E-state index >= 15 is 0 Å². The highest BCUT2D eigenvalue weighted by Crippen LogP contribution is 2.40. The molecule has 3 amide bonds. The third-order valence-corrected chi connectivity index (χ3v) is 5.78. The number of carbonyl (C=O) groups is 4. The molecular formula is C18H18N4O8S. The van der Waals surface area contributed by atoms with E-state index < -0.39 is 35.3 Å². The predicted molar refractivity (Wildman–Crippen MR) is 107 cm³/mol. The molecule has 2 aliphatic rings. The van der Waals surface area contributed by atoms with E-state index in [0.29, 0.717) is 0 Å². The van der Waals surface area contributed by atoms with Crippen LogP contribution >= 0.6 is 11.8 Å². The number of ether oxygens (including phenoxy) is 1. The van der Waals surface area contributed by atoms with Gasteiger partial charge in [0.05, 0.1) is 0 Å². The first kappa shape index (κ1) is 22.0. The summed E-state index contributed by atoms with van der Waals surface area (Å²) in [5, 5.41) is 24.7. The number of phenolic OH excluding ortho intramolecular Hbond substituents is 1. The smallest absolute Gasteiger partial charge is 0.404 e. The topological polar surface area (TPSA) is 181 Å². The molecule has 1 aromatic carbocycles. The molecule has 1 aromatic rings. The molecule has 0 aromatic heterocycles. The van der Waals surface area contributed by atoms with Crippen molar-refractivity contribution in [2.24, 2.45) is 10.9 Å². The maximum atomic E-state index is 12.7. The highest BCUT2D eigenvalue weighted by Gasteiger charge is 2.54. The maximum absolute atomic E-state index is 12.7. The quantitative estimate of drug-likeness (QED) is 0.243. The third-order valence-electron chi connectivity index (χ3n) is 4.44. The van der Waals surface area contributed by atoms with Gasteiger partial charge in [-0.15, -0.1) is 11.8 Å². The first-order valence-electron chi connectivity index (χ1n) is 8.78. The van der Waals surface area contributed by atoms with Crippen LogP contribution in [0.1, 0.15) is 5.56 Å². The number of carboxylic acids is 1. The van der Waals surface area contributed by atoms with Gasteiger partial charge in [-0.3, -0.25) is 14.5 Å². The van der Waals surface area contributed by atoms with Crippen molar-refractivity contribution in [1.82, 2.24) is 10.2 Å². The van der Waals surface area contributed by atoms with Crippen molar-refractivity contribution in [1.29, 1.82) is 0 Å². The Morgan fingerprint density at radius 1 is 1.39 bits per heavy atom. The summed E-state index contributed by atoms with van der Waals surface area (Å²) >= 11 is 1.20. The fraction of sp³-hybridized carbons (Fsp3) is 0.278. The second-order valence-corrected chi connectivity index (χ2v) is 7.50. The van der Waals surface area contributed by atoms with Crippen LogP contribution in [0.5, 0.6) is 5.75 Å². The second kappa shape index (κ2) is 8.95. The van der Waals surface area contributed by atoms with Gasteiger partial charge in [-0.1, -0.05) is 17.3 Å². The zero-order chi connectivity index (χ0) is 22.7. The molecule has 31 heavy (non-hydrogen) atoms. The Balaban J connectivity index is 1.79. The maximum Gasteiger partial charge on any atom is 0.404 e. The van der Waals surface area contributed by atoms with E-state index in [-0.39, 0.29) is 40.7 Å². The summed E-state index contributed by atoms with van der Waals surface area (Å²) in [6, 6.07) is 4.74. The molecule has 0 saturated carbocycles. The molecule has 1 fully saturated rings. The molecular weight excluding hydrogens is 432 g/mol. The van der Waals surface area contributed by atoms with Gasteiger partial charge in [0.2, 0.25) is 0 Å². The molecule has 164 valence electrons. The number of fused-ring (bicyclic) bond motifs is 1. The zero-order valence-electron chi connectivity index (χ0n) is 16.1. The van der Waals surface area contributed by atoms with Crippen LogP contribution in [0.4, 0.5) is 4.79 Å². The van der Waals surface area contributed by atoms with E-state index in [1.165, 1.54) is 43.1 Å². The summed E-state index contributed by atoms with van der Waals surface area (Å²) in [7, 11) is 1.24. The molecule has 0 aliphatic carbocycles. The number of thioether (sulfide) groups is 1. The Bertz CT molecular complexity index is 1010. The fourth-order valence-corrected chi connectivity index (χ4v) is 4.46. The van der Waals surface area contributed by atoms with Gasteiger partial charge in [0.1, 0.15) is 36.6 Å². The molecule has 13 heteroatoms. The molecule has 5 N–H and O–H groups in total. The summed E-state index contributed by atoms with van der Waals surface area (Å²) < 4.78 is 4.66. The second-order valence-electron chi connectivity index (χ2n) is 6.40. The molecule has 0 radical (unpaired) electrons. The summed E-state index contributed by atoms with van der Waals surface area (Å²) in [4.78, 5) is 53.7. The summed E-state index contributed by atoms with van der Waals surface area (Å²) in [5.74, 6) is -2.69. The number of primary amides is 1. The summed E-state index contributed by atoms with van der Waals surface area (Å²) in [5.41, 5.74) is 4.92. The lowest BCUT2D eigenvalue weighted by atomic mass is 10.0. The zero-order valence-corrected chi connectivity index (χ0v) is 16.9. The highest BCUT2D eigenvalue weighted by molar-refractivity contribution is 8.00. The van der Waals surface area contributed by atoms with Crippen LogP contribution in [-0.4, -0.2) is 75.6 Å². The number of oxime groups is 1. The molecule has 0 spiro atoms. The van der Waals surface area contributed by atoms with Crippen LogP contribution in [0, 0.1) is 0 Å². The minimum atomic E-state index is -1.37. The van der Waals surface area contributed by atoms with Gasteiger partial charge in [-0.05, 0) is 12.1 Å². The van der Waals surface area contributed by atoms with Crippen molar-refractivity contribution >= 4 is 41.4 Å². The van der Waals surface area contributed by atoms with Crippen LogP contribution in [0.25, 0.3) is 0 Å². The monoisotopic (exact) mass is 450 g/mol. The number of β-lactam (4-membered cyclic amide) rings is 1. The van der Waals surface area contributed by atoms with Crippen molar-refractivity contribution in [2.45, 2.75) is 11.4 Å². The minimum absolute atomic E-state index is 0.0928. The molecule has 3 rings (SSSR count). The van der Waals surface area contributed by atoms with Crippen LogP contribution in [-0.2, 0) is 24.0 Å². The number of carboxylic acid groups (broad SMARTS) is 1. The van der Waals surface area contributed by atoms with Gasteiger partial charge in [0.25, 0.3) is 11.8 Å². The largest absolute Gasteiger partial charge is 0.508 e. The molecule has 1 saturated heterocycles. The highest BCUT2D eigenvalue weighted by atomic mass is 32.2. The van der Waals surface area contributed by atoms with Crippen LogP contribution < -0.4 is 11.1 Å². The van der Waals surface area contributed by atoms with Crippen molar-refractivity contribution in [2.75, 3.05) is 19.5 Å². The molecule has 2 aliphatic heterocycles. The molecule has 0 bridgehead atoms.